The quantitative estimate of drug-likeness (QED) is 0.0224. The number of hydrazine groups is 1. The topological polar surface area (TPSA) is 610 Å². The fourth-order valence-electron chi connectivity index (χ4n) is 15.9. The van der Waals surface area contributed by atoms with Gasteiger partial charge in [-0.25, -0.2) is 28.4 Å². The lowest BCUT2D eigenvalue weighted by atomic mass is 9.85. The van der Waals surface area contributed by atoms with Crippen LogP contribution >= 0.6 is 23.2 Å². The number of aliphatic hydroxyl groups excluding tert-OH is 5. The van der Waals surface area contributed by atoms with Gasteiger partial charge in [0.05, 0.1) is 52.5 Å². The van der Waals surface area contributed by atoms with Gasteiger partial charge in [0.15, 0.2) is 36.7 Å². The molecule has 43 heteroatoms. The number of phenolic OH excluding ortho intramolecular Hbond substituents is 3. The maximum Gasteiger partial charge on any atom is 0.330 e. The number of carboxylic acids is 1. The van der Waals surface area contributed by atoms with Gasteiger partial charge in [-0.15, -0.1) is 0 Å². The van der Waals surface area contributed by atoms with Gasteiger partial charge in [0.1, 0.15) is 89.5 Å². The molecule has 8 aliphatic heterocycles. The number of carbonyl (C=O) groups is 9. The van der Waals surface area contributed by atoms with Crippen LogP contribution in [0.2, 0.25) is 10.0 Å². The van der Waals surface area contributed by atoms with Crippen LogP contribution in [0, 0.1) is 5.92 Å². The number of halogens is 2. The summed E-state index contributed by atoms with van der Waals surface area (Å²) in [6.07, 6.45) is -10.7. The first kappa shape index (κ1) is 97.7. The largest absolute Gasteiger partial charge is 0.507 e. The Hall–Kier alpha value is -9.90. The second-order valence-corrected chi connectivity index (χ2v) is 35.6. The van der Waals surface area contributed by atoms with Crippen molar-refractivity contribution in [2.24, 2.45) is 17.4 Å². The predicted molar refractivity (Wildman–Crippen MR) is 453 cm³/mol. The van der Waals surface area contributed by atoms with Gasteiger partial charge in [-0.2, -0.15) is 0 Å². The molecule has 8 aliphatic rings. The Labute approximate surface area is 741 Å². The molecule has 127 heavy (non-hydrogen) atoms. The van der Waals surface area contributed by atoms with Crippen LogP contribution in [0.3, 0.4) is 0 Å². The fraction of sp³-hybridized carbons (Fsp3) is 0.536. The van der Waals surface area contributed by atoms with Crippen molar-refractivity contribution >= 4 is 86.5 Å². The Morgan fingerprint density at radius 2 is 1.35 bits per heavy atom. The fourth-order valence-corrected chi connectivity index (χ4v) is 17.6. The molecule has 5 aromatic rings. The van der Waals surface area contributed by atoms with Crippen LogP contribution in [-0.2, 0) is 78.7 Å². The minimum absolute atomic E-state index is 0.0487. The van der Waals surface area contributed by atoms with Crippen molar-refractivity contribution < 1.29 is 131 Å². The molecule has 694 valence electrons. The maximum atomic E-state index is 16.4. The number of unbranched alkanes of at least 4 members (excludes halogenated alkanes) is 7. The summed E-state index contributed by atoms with van der Waals surface area (Å²) in [5.74, 6) is -17.0. The molecule has 18 atom stereocenters. The zero-order valence-corrected chi connectivity index (χ0v) is 72.9. The number of benzene rings is 5. The highest BCUT2D eigenvalue weighted by atomic mass is 35.5. The Balaban J connectivity index is 1.07. The lowest BCUT2D eigenvalue weighted by molar-refractivity contribution is -0.331. The van der Waals surface area contributed by atoms with E-state index in [1.54, 1.807) is 6.92 Å². The molecule has 13 rings (SSSR count). The van der Waals surface area contributed by atoms with Crippen LogP contribution in [0.15, 0.2) is 72.8 Å². The van der Waals surface area contributed by atoms with E-state index in [-0.39, 0.29) is 91.2 Å². The number of ether oxygens (including phenoxy) is 7. The van der Waals surface area contributed by atoms with Crippen molar-refractivity contribution in [1.82, 2.24) is 57.7 Å². The van der Waals surface area contributed by atoms with Crippen LogP contribution in [-0.4, -0.2) is 237 Å². The molecule has 0 unspecified atom stereocenters. The summed E-state index contributed by atoms with van der Waals surface area (Å²) < 4.78 is 73.6. The standard InChI is InChI=1S/C84H111Cl2N13O27S/c1-7-8-9-10-11-12-13-14-26-127(118,119)92-24-15-23-90-84(5)35-61(121-40(4)75(84)109)125-74-72(108)71(107)58(36-87)124-83(74)126-73-56-31-44-32-57(73)123-55-21-18-43(30-49(55)86)69(105)67-81(115)96-65(82(116)117)46-33-53(101)47(37-91-99-25-22-60(103)120-38-99)70(106)62(46)45-28-41(16-19-52(45)100)63(78(112)98-67)95-79(113)64(44)94-77(111)51(34-59(88)102)93-80(114)66(97-76(110)50(89-6)27-39(2)3)68(104)42-17-20-54(122-56)48(85)29-42/h16-21,28-33,39-40,50-51,58,61,63-69,71-72,74-75,83,89-92,100-101,104-109H,7-15,22-27,34-38,87H2,1-6H3,(H2,88,102)(H,93,114)(H,94,111)(H,95,113)(H,96,115)(H,97,110)(H,98,112)(H,116,117)/t40-,50+,51-,58+,61-,63+,64+,65-,66+,67-,68+,69+,71+,72-,74+,75+,83-,84-/m0/s1. The molecule has 8 heterocycles. The SMILES string of the molecule is CCCCCCCCCCS(=O)(=O)NCCCN[C@@]1(C)C[C@H](O[C@H]2[C@H](Oc3c4cc5cc3Oc3ccc(cc3Cl)[C@@H](O)[C@@H](NC(=O)[C@@H](CC(C)C)NC)C(=O)N[C@@H](CC(N)=O)C(=O)N[C@H]5C(=O)N[C@H]3C(=O)N[C@H](C(=O)N[C@H](C(=O)O)c5cc(O)c(CNN6CCC(=O)OC6)c(O)c5-c5cc3ccc5O)[C@H](O)c3ccc(c(Cl)c3)O4)O[C@H](CN)[C@@H](O)[C@@H]2O)O[C@@H](C)[C@H]1O. The summed E-state index contributed by atoms with van der Waals surface area (Å²) in [5, 5.41) is 130. The van der Waals surface area contributed by atoms with E-state index in [2.05, 4.69) is 59.6 Å². The molecule has 40 nitrogen and oxygen atoms in total. The predicted octanol–water partition coefficient (Wildman–Crippen LogP) is 2.36. The number of esters is 1. The second-order valence-electron chi connectivity index (χ2n) is 32.9. The number of sulfonamides is 1. The lowest BCUT2D eigenvalue weighted by Gasteiger charge is -2.48. The highest BCUT2D eigenvalue weighted by Crippen LogP contribution is 2.51. The van der Waals surface area contributed by atoms with E-state index < -0.39 is 265 Å². The number of amides is 7. The average Bonchev–Trinajstić information content (AvgIpc) is 0.756. The number of primary amides is 1. The molecular weight excluding hydrogens is 1730 g/mol. The normalized spacial score (nSPS) is 26.8. The Morgan fingerprint density at radius 1 is 0.717 bits per heavy atom. The van der Waals surface area contributed by atoms with Gasteiger partial charge in [0.2, 0.25) is 63.4 Å². The first-order valence-electron chi connectivity index (χ1n) is 42.0. The number of nitrogens with zero attached hydrogens (tertiary/aromatic N) is 1. The van der Waals surface area contributed by atoms with E-state index in [0.717, 1.165) is 106 Å². The van der Waals surface area contributed by atoms with E-state index in [1.807, 2.05) is 13.8 Å². The molecular formula is C84H111Cl2N13O27S. The van der Waals surface area contributed by atoms with Gasteiger partial charge in [0.25, 0.3) is 0 Å². The molecule has 3 fully saturated rings. The van der Waals surface area contributed by atoms with Crippen molar-refractivity contribution in [3.05, 3.63) is 116 Å². The highest BCUT2D eigenvalue weighted by Gasteiger charge is 2.52. The minimum atomic E-state index is -3.63. The summed E-state index contributed by atoms with van der Waals surface area (Å²) in [4.78, 5) is 132. The summed E-state index contributed by atoms with van der Waals surface area (Å²) >= 11 is 14.4. The first-order chi connectivity index (χ1) is 60.3. The molecule has 23 N–H and O–H groups in total. The average molecular weight is 1840 g/mol. The highest BCUT2D eigenvalue weighted by molar-refractivity contribution is 7.89. The van der Waals surface area contributed by atoms with E-state index in [0.29, 0.717) is 6.42 Å². The van der Waals surface area contributed by atoms with Crippen molar-refractivity contribution in [1.29, 1.82) is 0 Å². The van der Waals surface area contributed by atoms with Crippen molar-refractivity contribution in [2.45, 2.75) is 234 Å². The number of cyclic esters (lactones) is 1. The molecule has 3 saturated heterocycles. The Kier molecular flexibility index (Phi) is 33.1. The third-order valence-electron chi connectivity index (χ3n) is 23.0. The number of rotatable bonds is 31. The van der Waals surface area contributed by atoms with Gasteiger partial charge >= 0.3 is 11.9 Å². The number of hydrogen-bond donors (Lipinski definition) is 21. The summed E-state index contributed by atoms with van der Waals surface area (Å²) in [6, 6.07) is -1.83. The molecule has 0 aromatic heterocycles. The number of aliphatic carboxylic acids is 1. The van der Waals surface area contributed by atoms with Crippen LogP contribution in [0.4, 0.5) is 0 Å². The number of fused-ring (bicyclic) bond motifs is 15. The number of likely N-dealkylation sites (N-methyl/N-ethyl adjacent to an activating group) is 1. The number of nitrogens with one attached hydrogen (secondary N) is 10. The molecule has 0 spiro atoms. The lowest BCUT2D eigenvalue weighted by Crippen LogP contribution is -2.65. The van der Waals surface area contributed by atoms with E-state index in [4.69, 9.17) is 67.8 Å². The van der Waals surface area contributed by atoms with Gasteiger partial charge in [0, 0.05) is 54.8 Å². The number of carbonyl (C=O) groups excluding carboxylic acids is 8. The molecule has 5 aromatic carbocycles. The monoisotopic (exact) mass is 1840 g/mol. The van der Waals surface area contributed by atoms with Crippen molar-refractivity contribution in [3.63, 3.8) is 0 Å². The first-order valence-corrected chi connectivity index (χ1v) is 44.4. The Bertz CT molecular complexity index is 4970. The zero-order valence-electron chi connectivity index (χ0n) is 70.6. The molecule has 0 radical (unpaired) electrons. The summed E-state index contributed by atoms with van der Waals surface area (Å²) in [5.41, 5.74) is 10.1. The molecule has 0 saturated carbocycles. The van der Waals surface area contributed by atoms with Crippen molar-refractivity contribution in [3.8, 4) is 57.1 Å². The van der Waals surface area contributed by atoms with Gasteiger partial charge in [-0.05, 0) is 129 Å². The third kappa shape index (κ3) is 23.8. The number of aliphatic hydroxyl groups is 5. The summed E-state index contributed by atoms with van der Waals surface area (Å²) in [7, 11) is -2.16. The second kappa shape index (κ2) is 43.0. The van der Waals surface area contributed by atoms with Crippen LogP contribution in [0.5, 0.6) is 46.0 Å². The van der Waals surface area contributed by atoms with Gasteiger partial charge in [-0.3, -0.25) is 38.4 Å². The molecule has 11 bridgehead atoms. The van der Waals surface area contributed by atoms with E-state index >= 15 is 24.0 Å². The third-order valence-corrected chi connectivity index (χ3v) is 25.0. The summed E-state index contributed by atoms with van der Waals surface area (Å²) in [6.45, 7) is 7.94. The van der Waals surface area contributed by atoms with Crippen LogP contribution in [0.25, 0.3) is 11.1 Å². The van der Waals surface area contributed by atoms with Gasteiger partial charge < -0.3 is 133 Å². The van der Waals surface area contributed by atoms with Crippen molar-refractivity contribution in [2.75, 3.05) is 45.7 Å². The minimum Gasteiger partial charge on any atom is -0.507 e. The molecule has 7 amide bonds. The number of nitrogens with two attached hydrogens (primary N) is 2. The smallest absolute Gasteiger partial charge is 0.330 e. The number of carboxylic acid groups (broad SMARTS) is 1. The molecule has 0 aliphatic carbocycles. The van der Waals surface area contributed by atoms with Crippen LogP contribution < -0.4 is 78.4 Å². The Morgan fingerprint density at radius 3 is 1.96 bits per heavy atom. The number of hydrogen-bond acceptors (Lipinski definition) is 31. The number of aromatic hydroxyl groups is 3. The van der Waals surface area contributed by atoms with E-state index in [1.165, 1.54) is 31.1 Å². The van der Waals surface area contributed by atoms with E-state index in [9.17, 15) is 73.6 Å². The zero-order chi connectivity index (χ0) is 92.2. The van der Waals surface area contributed by atoms with Crippen LogP contribution in [0.1, 0.15) is 182 Å². The maximum absolute atomic E-state index is 16.4. The van der Waals surface area contributed by atoms with Gasteiger partial charge in [-0.1, -0.05) is 107 Å². The number of phenols is 3.